The van der Waals surface area contributed by atoms with Gasteiger partial charge in [0.05, 0.1) is 23.7 Å². The van der Waals surface area contributed by atoms with Gasteiger partial charge in [-0.2, -0.15) is 5.10 Å². The van der Waals surface area contributed by atoms with Crippen molar-refractivity contribution < 1.29 is 9.13 Å². The van der Waals surface area contributed by atoms with Crippen molar-refractivity contribution in [2.75, 3.05) is 18.0 Å². The second-order valence-corrected chi connectivity index (χ2v) is 10.3. The quantitative estimate of drug-likeness (QED) is 0.410. The SMILES string of the molecule is Cc1nc2c(-c3ccc(Cl)cc3F)nc(N3C[C@@H](c4cnn(C)c4)OC4(CCC4)C3)cc2c(=O)n1C. The molecule has 4 heterocycles. The number of morpholine rings is 1. The molecule has 1 spiro atoms. The molecular weight excluding hydrogens is 483 g/mol. The Morgan fingerprint density at radius 1 is 1.19 bits per heavy atom. The topological polar surface area (TPSA) is 78.1 Å². The molecule has 1 aliphatic heterocycles. The molecule has 0 N–H and O–H groups in total. The first-order chi connectivity index (χ1) is 17.2. The molecule has 0 unspecified atom stereocenters. The van der Waals surface area contributed by atoms with Gasteiger partial charge in [0, 0.05) is 43.0 Å². The van der Waals surface area contributed by atoms with Crippen LogP contribution in [0, 0.1) is 12.7 Å². The van der Waals surface area contributed by atoms with E-state index >= 15 is 4.39 Å². The molecule has 186 valence electrons. The number of hydrogen-bond acceptors (Lipinski definition) is 6. The second kappa shape index (κ2) is 8.38. The van der Waals surface area contributed by atoms with Crippen LogP contribution in [-0.4, -0.2) is 43.0 Å². The fourth-order valence-corrected chi connectivity index (χ4v) is 5.35. The number of pyridine rings is 1. The largest absolute Gasteiger partial charge is 0.363 e. The summed E-state index contributed by atoms with van der Waals surface area (Å²) in [6.45, 7) is 2.93. The third-order valence-electron chi connectivity index (χ3n) is 7.40. The second-order valence-electron chi connectivity index (χ2n) is 9.84. The molecule has 0 bridgehead atoms. The van der Waals surface area contributed by atoms with E-state index in [2.05, 4.69) is 15.0 Å². The number of aromatic nitrogens is 5. The molecule has 1 aliphatic carbocycles. The molecule has 36 heavy (non-hydrogen) atoms. The zero-order valence-electron chi connectivity index (χ0n) is 20.3. The first-order valence-corrected chi connectivity index (χ1v) is 12.4. The smallest absolute Gasteiger partial charge is 0.261 e. The lowest BCUT2D eigenvalue weighted by Gasteiger charge is -2.51. The predicted molar refractivity (Wildman–Crippen MR) is 136 cm³/mol. The fourth-order valence-electron chi connectivity index (χ4n) is 5.19. The Morgan fingerprint density at radius 3 is 2.67 bits per heavy atom. The van der Waals surface area contributed by atoms with Crippen molar-refractivity contribution in [2.24, 2.45) is 14.1 Å². The highest BCUT2D eigenvalue weighted by atomic mass is 35.5. The molecule has 2 fully saturated rings. The highest BCUT2D eigenvalue weighted by Crippen LogP contribution is 2.45. The van der Waals surface area contributed by atoms with Gasteiger partial charge >= 0.3 is 0 Å². The molecule has 1 saturated heterocycles. The molecule has 1 saturated carbocycles. The zero-order valence-corrected chi connectivity index (χ0v) is 21.1. The van der Waals surface area contributed by atoms with Gasteiger partial charge in [0.15, 0.2) is 0 Å². The van der Waals surface area contributed by atoms with E-state index in [1.807, 2.05) is 19.4 Å². The monoisotopic (exact) mass is 508 g/mol. The van der Waals surface area contributed by atoms with Gasteiger partial charge in [-0.15, -0.1) is 0 Å². The van der Waals surface area contributed by atoms with Crippen LogP contribution in [0.5, 0.6) is 0 Å². The number of hydrogen-bond donors (Lipinski definition) is 0. The van der Waals surface area contributed by atoms with Gasteiger partial charge in [0.2, 0.25) is 0 Å². The highest BCUT2D eigenvalue weighted by molar-refractivity contribution is 6.30. The van der Waals surface area contributed by atoms with E-state index in [0.29, 0.717) is 41.3 Å². The molecule has 0 amide bonds. The van der Waals surface area contributed by atoms with Gasteiger partial charge < -0.3 is 9.64 Å². The van der Waals surface area contributed by atoms with Crippen LogP contribution in [-0.2, 0) is 18.8 Å². The number of benzene rings is 1. The molecule has 10 heteroatoms. The minimum Gasteiger partial charge on any atom is -0.363 e. The van der Waals surface area contributed by atoms with Crippen LogP contribution >= 0.6 is 11.6 Å². The minimum atomic E-state index is -0.515. The predicted octanol–water partition coefficient (Wildman–Crippen LogP) is 4.33. The standard InChI is InChI=1S/C26H26ClFN6O2/c1-15-30-24-19(25(35)33(15)3)10-22(31-23(24)18-6-5-17(27)9-20(18)28)34-13-21(16-11-29-32(2)12-16)36-26(14-34)7-4-8-26/h5-6,9-12,21H,4,7-8,13-14H2,1-3H3/t21-/m0/s1. The summed E-state index contributed by atoms with van der Waals surface area (Å²) in [5.74, 6) is 0.603. The average Bonchev–Trinajstić information content (AvgIpc) is 3.27. The Hall–Kier alpha value is -3.30. The molecule has 4 aromatic rings. The Kier molecular flexibility index (Phi) is 5.38. The van der Waals surface area contributed by atoms with E-state index < -0.39 is 5.82 Å². The summed E-state index contributed by atoms with van der Waals surface area (Å²) in [5, 5.41) is 5.00. The Bertz CT molecular complexity index is 1560. The molecule has 6 rings (SSSR count). The molecular formula is C26H26ClFN6O2. The summed E-state index contributed by atoms with van der Waals surface area (Å²) < 4.78 is 25.0. The third kappa shape index (κ3) is 3.77. The fraction of sp³-hybridized carbons (Fsp3) is 0.385. The van der Waals surface area contributed by atoms with Crippen molar-refractivity contribution in [3.63, 3.8) is 0 Å². The van der Waals surface area contributed by atoms with Gasteiger partial charge in [0.25, 0.3) is 5.56 Å². The maximum atomic E-state index is 15.1. The summed E-state index contributed by atoms with van der Waals surface area (Å²) in [6, 6.07) is 6.23. The van der Waals surface area contributed by atoms with Crippen LogP contribution < -0.4 is 10.5 Å². The van der Waals surface area contributed by atoms with Crippen LogP contribution in [0.1, 0.15) is 36.8 Å². The normalized spacial score (nSPS) is 19.1. The van der Waals surface area contributed by atoms with Crippen LogP contribution in [0.2, 0.25) is 5.02 Å². The number of halogens is 2. The van der Waals surface area contributed by atoms with Gasteiger partial charge in [-0.1, -0.05) is 11.6 Å². The van der Waals surface area contributed by atoms with Crippen molar-refractivity contribution in [1.29, 1.82) is 0 Å². The molecule has 1 aromatic carbocycles. The van der Waals surface area contributed by atoms with Crippen molar-refractivity contribution in [3.05, 3.63) is 69.2 Å². The van der Waals surface area contributed by atoms with Crippen LogP contribution in [0.15, 0.2) is 41.5 Å². The number of aryl methyl sites for hydroxylation is 2. The van der Waals surface area contributed by atoms with E-state index in [0.717, 1.165) is 24.8 Å². The lowest BCUT2D eigenvalue weighted by Crippen LogP contribution is -2.56. The van der Waals surface area contributed by atoms with Crippen molar-refractivity contribution >= 4 is 28.3 Å². The number of rotatable bonds is 3. The molecule has 1 atom stereocenters. The summed E-state index contributed by atoms with van der Waals surface area (Å²) in [4.78, 5) is 25.0. The molecule has 3 aromatic heterocycles. The number of anilines is 1. The minimum absolute atomic E-state index is 0.194. The van der Waals surface area contributed by atoms with E-state index in [4.69, 9.17) is 21.3 Å². The van der Waals surface area contributed by atoms with Crippen LogP contribution in [0.25, 0.3) is 22.2 Å². The first kappa shape index (κ1) is 23.1. The Morgan fingerprint density at radius 2 is 2.00 bits per heavy atom. The van der Waals surface area contributed by atoms with Crippen molar-refractivity contribution in [2.45, 2.75) is 37.9 Å². The third-order valence-corrected chi connectivity index (χ3v) is 7.64. The van der Waals surface area contributed by atoms with Gasteiger partial charge in [-0.3, -0.25) is 14.0 Å². The van der Waals surface area contributed by atoms with E-state index in [1.165, 1.54) is 10.6 Å². The molecule has 2 aliphatic rings. The summed E-state index contributed by atoms with van der Waals surface area (Å²) in [6.07, 6.45) is 6.60. The van der Waals surface area contributed by atoms with Crippen LogP contribution in [0.3, 0.4) is 0 Å². The number of ether oxygens (including phenoxy) is 1. The zero-order chi connectivity index (χ0) is 25.2. The average molecular weight is 509 g/mol. The lowest BCUT2D eigenvalue weighted by atomic mass is 9.78. The highest BCUT2D eigenvalue weighted by Gasteiger charge is 2.46. The van der Waals surface area contributed by atoms with E-state index in [-0.39, 0.29) is 27.9 Å². The maximum Gasteiger partial charge on any atom is 0.261 e. The summed E-state index contributed by atoms with van der Waals surface area (Å²) in [7, 11) is 3.56. The summed E-state index contributed by atoms with van der Waals surface area (Å²) >= 11 is 6.02. The Balaban J connectivity index is 1.53. The van der Waals surface area contributed by atoms with Crippen LogP contribution in [0.4, 0.5) is 10.2 Å². The number of fused-ring (bicyclic) bond motifs is 1. The van der Waals surface area contributed by atoms with E-state index in [1.54, 1.807) is 36.9 Å². The van der Waals surface area contributed by atoms with Crippen molar-refractivity contribution in [1.82, 2.24) is 24.3 Å². The van der Waals surface area contributed by atoms with E-state index in [9.17, 15) is 4.79 Å². The van der Waals surface area contributed by atoms with Gasteiger partial charge in [-0.05, 0) is 50.5 Å². The van der Waals surface area contributed by atoms with Crippen molar-refractivity contribution in [3.8, 4) is 11.3 Å². The Labute approximate surface area is 212 Å². The molecule has 8 nitrogen and oxygen atoms in total. The molecule has 0 radical (unpaired) electrons. The number of nitrogens with zero attached hydrogens (tertiary/aromatic N) is 6. The summed E-state index contributed by atoms with van der Waals surface area (Å²) in [5.41, 5.74) is 1.46. The first-order valence-electron chi connectivity index (χ1n) is 12.0. The maximum absolute atomic E-state index is 15.1. The van der Waals surface area contributed by atoms with Gasteiger partial charge in [-0.25, -0.2) is 14.4 Å². The lowest BCUT2D eigenvalue weighted by molar-refractivity contribution is -0.150. The van der Waals surface area contributed by atoms with Gasteiger partial charge in [0.1, 0.15) is 34.8 Å².